The van der Waals surface area contributed by atoms with Crippen LogP contribution in [0.25, 0.3) is 0 Å². The van der Waals surface area contributed by atoms with Crippen LogP contribution < -0.4 is 5.32 Å². The summed E-state index contributed by atoms with van der Waals surface area (Å²) >= 11 is 0. The summed E-state index contributed by atoms with van der Waals surface area (Å²) in [6, 6.07) is 0.221. The van der Waals surface area contributed by atoms with Gasteiger partial charge in [0.15, 0.2) is 9.84 Å². The first-order valence-electron chi connectivity index (χ1n) is 10.4. The van der Waals surface area contributed by atoms with Crippen LogP contribution in [0.2, 0.25) is 0 Å². The first-order valence-corrected chi connectivity index (χ1v) is 12.3. The van der Waals surface area contributed by atoms with Gasteiger partial charge in [0.2, 0.25) is 5.91 Å². The Hall–Kier alpha value is -1.48. The highest BCUT2D eigenvalue weighted by atomic mass is 32.2. The maximum atomic E-state index is 12.4. The Labute approximate surface area is 167 Å². The molecule has 0 bridgehead atoms. The van der Waals surface area contributed by atoms with Crippen LogP contribution >= 0.6 is 0 Å². The Morgan fingerprint density at radius 2 is 1.96 bits per heavy atom. The first kappa shape index (κ1) is 21.2. The molecule has 1 saturated heterocycles. The highest BCUT2D eigenvalue weighted by Crippen LogP contribution is 2.23. The number of hydrogen-bond donors (Lipinski definition) is 1. The number of nitrogens with one attached hydrogen (secondary N) is 1. The molecule has 1 atom stereocenters. The van der Waals surface area contributed by atoms with Crippen molar-refractivity contribution in [3.05, 3.63) is 0 Å². The molecule has 0 aromatic carbocycles. The molecule has 8 nitrogen and oxygen atoms in total. The van der Waals surface area contributed by atoms with Gasteiger partial charge in [0.05, 0.1) is 17.5 Å². The number of sulfone groups is 1. The van der Waals surface area contributed by atoms with E-state index in [1.165, 1.54) is 37.1 Å². The minimum Gasteiger partial charge on any atom is -0.351 e. The molecule has 28 heavy (non-hydrogen) atoms. The number of amides is 2. The standard InChI is InChI=1S/C19H32N4O4S/c1-22(15-6-3-2-4-7-15)12-5-11-20-19(25)17-8-9-18(24)23(21-17)16-10-13-28(26,27)14-16/h15-16H,2-14H2,1H3,(H,20,25). The molecule has 1 N–H and O–H groups in total. The van der Waals surface area contributed by atoms with Crippen molar-refractivity contribution in [1.29, 1.82) is 0 Å². The lowest BCUT2D eigenvalue weighted by Crippen LogP contribution is -2.44. The Balaban J connectivity index is 1.45. The van der Waals surface area contributed by atoms with Gasteiger partial charge in [0.1, 0.15) is 5.71 Å². The number of rotatable bonds is 7. The molecular weight excluding hydrogens is 380 g/mol. The zero-order valence-electron chi connectivity index (χ0n) is 16.7. The van der Waals surface area contributed by atoms with Gasteiger partial charge in [-0.3, -0.25) is 9.59 Å². The van der Waals surface area contributed by atoms with Crippen molar-refractivity contribution < 1.29 is 18.0 Å². The van der Waals surface area contributed by atoms with Gasteiger partial charge in [-0.15, -0.1) is 0 Å². The lowest BCUT2D eigenvalue weighted by molar-refractivity contribution is -0.133. The summed E-state index contributed by atoms with van der Waals surface area (Å²) in [6.45, 7) is 1.52. The third kappa shape index (κ3) is 5.53. The van der Waals surface area contributed by atoms with Crippen LogP contribution in [0.3, 0.4) is 0 Å². The van der Waals surface area contributed by atoms with Crippen molar-refractivity contribution in [1.82, 2.24) is 15.2 Å². The highest BCUT2D eigenvalue weighted by molar-refractivity contribution is 7.91. The quantitative estimate of drug-likeness (QED) is 0.627. The fraction of sp³-hybridized carbons (Fsp3) is 0.842. The van der Waals surface area contributed by atoms with Crippen LogP contribution in [-0.4, -0.2) is 79.6 Å². The zero-order valence-corrected chi connectivity index (χ0v) is 17.5. The number of carbonyl (C=O) groups excluding carboxylic acids is 2. The van der Waals surface area contributed by atoms with Crippen LogP contribution in [0.15, 0.2) is 5.10 Å². The molecule has 2 heterocycles. The van der Waals surface area contributed by atoms with E-state index in [0.717, 1.165) is 13.0 Å². The Morgan fingerprint density at radius 3 is 2.64 bits per heavy atom. The van der Waals surface area contributed by atoms with E-state index in [9.17, 15) is 18.0 Å². The Morgan fingerprint density at radius 1 is 1.21 bits per heavy atom. The van der Waals surface area contributed by atoms with E-state index < -0.39 is 15.9 Å². The second-order valence-electron chi connectivity index (χ2n) is 8.22. The topological polar surface area (TPSA) is 99.2 Å². The molecule has 3 aliphatic rings. The van der Waals surface area contributed by atoms with Crippen LogP contribution in [0, 0.1) is 0 Å². The van der Waals surface area contributed by atoms with E-state index >= 15 is 0 Å². The van der Waals surface area contributed by atoms with Crippen molar-refractivity contribution in [2.75, 3.05) is 31.6 Å². The lowest BCUT2D eigenvalue weighted by Gasteiger charge is -2.31. The second-order valence-corrected chi connectivity index (χ2v) is 10.5. The van der Waals surface area contributed by atoms with E-state index in [0.29, 0.717) is 31.1 Å². The molecule has 9 heteroatoms. The molecule has 1 unspecified atom stereocenters. The van der Waals surface area contributed by atoms with E-state index in [-0.39, 0.29) is 29.7 Å². The summed E-state index contributed by atoms with van der Waals surface area (Å²) in [7, 11) is -0.955. The second kappa shape index (κ2) is 9.35. The van der Waals surface area contributed by atoms with E-state index in [1.54, 1.807) is 0 Å². The van der Waals surface area contributed by atoms with Crippen molar-refractivity contribution in [2.45, 2.75) is 69.9 Å². The molecule has 3 rings (SSSR count). The predicted octanol–water partition coefficient (Wildman–Crippen LogP) is 0.923. The summed E-state index contributed by atoms with van der Waals surface area (Å²) < 4.78 is 23.4. The summed E-state index contributed by atoms with van der Waals surface area (Å²) in [6.07, 6.45) is 8.26. The van der Waals surface area contributed by atoms with Crippen LogP contribution in [0.4, 0.5) is 0 Å². The Kier molecular flexibility index (Phi) is 7.09. The highest BCUT2D eigenvalue weighted by Gasteiger charge is 2.37. The summed E-state index contributed by atoms with van der Waals surface area (Å²) in [5, 5.41) is 8.35. The molecule has 2 amide bonds. The van der Waals surface area contributed by atoms with E-state index in [1.807, 2.05) is 0 Å². The fourth-order valence-corrected chi connectivity index (χ4v) is 6.02. The van der Waals surface area contributed by atoms with Gasteiger partial charge in [-0.25, -0.2) is 13.4 Å². The van der Waals surface area contributed by atoms with E-state index in [4.69, 9.17) is 0 Å². The lowest BCUT2D eigenvalue weighted by atomic mass is 9.94. The third-order valence-electron chi connectivity index (χ3n) is 6.05. The summed E-state index contributed by atoms with van der Waals surface area (Å²) in [4.78, 5) is 27.0. The van der Waals surface area contributed by atoms with E-state index in [2.05, 4.69) is 22.4 Å². The van der Waals surface area contributed by atoms with Gasteiger partial charge in [-0.1, -0.05) is 19.3 Å². The first-order chi connectivity index (χ1) is 13.4. The van der Waals surface area contributed by atoms with Crippen molar-refractivity contribution in [3.63, 3.8) is 0 Å². The van der Waals surface area contributed by atoms with Crippen molar-refractivity contribution in [3.8, 4) is 0 Å². The number of nitrogens with zero attached hydrogens (tertiary/aromatic N) is 3. The molecule has 2 fully saturated rings. The summed E-state index contributed by atoms with van der Waals surface area (Å²) in [5.74, 6) is -0.441. The fourth-order valence-electron chi connectivity index (χ4n) is 4.32. The molecule has 1 saturated carbocycles. The number of hydrogen-bond acceptors (Lipinski definition) is 6. The van der Waals surface area contributed by atoms with Gasteiger partial charge in [-0.05, 0) is 39.3 Å². The number of hydrazone groups is 1. The van der Waals surface area contributed by atoms with Gasteiger partial charge in [-0.2, -0.15) is 5.10 Å². The van der Waals surface area contributed by atoms with Crippen molar-refractivity contribution in [2.24, 2.45) is 5.10 Å². The molecule has 0 aromatic heterocycles. The molecule has 0 spiro atoms. The van der Waals surface area contributed by atoms with Crippen LogP contribution in [0.1, 0.15) is 57.8 Å². The molecule has 0 radical (unpaired) electrons. The molecular formula is C19H32N4O4S. The molecule has 1 aliphatic carbocycles. The van der Waals surface area contributed by atoms with Crippen LogP contribution in [0.5, 0.6) is 0 Å². The Bertz CT molecular complexity index is 715. The normalized spacial score (nSPS) is 25.8. The third-order valence-corrected chi connectivity index (χ3v) is 7.80. The molecule has 0 aromatic rings. The largest absolute Gasteiger partial charge is 0.351 e. The van der Waals surface area contributed by atoms with Gasteiger partial charge >= 0.3 is 0 Å². The molecule has 158 valence electrons. The SMILES string of the molecule is CN(CCCNC(=O)C1=NN(C2CCS(=O)(=O)C2)C(=O)CC1)C1CCCCC1. The van der Waals surface area contributed by atoms with Gasteiger partial charge in [0.25, 0.3) is 5.91 Å². The van der Waals surface area contributed by atoms with Crippen molar-refractivity contribution >= 4 is 27.4 Å². The zero-order chi connectivity index (χ0) is 20.1. The predicted molar refractivity (Wildman–Crippen MR) is 108 cm³/mol. The van der Waals surface area contributed by atoms with Crippen LogP contribution in [-0.2, 0) is 19.4 Å². The van der Waals surface area contributed by atoms with Gasteiger partial charge < -0.3 is 10.2 Å². The molecule has 2 aliphatic heterocycles. The smallest absolute Gasteiger partial charge is 0.267 e. The minimum atomic E-state index is -3.11. The maximum Gasteiger partial charge on any atom is 0.267 e. The minimum absolute atomic E-state index is 0.0648. The summed E-state index contributed by atoms with van der Waals surface area (Å²) in [5.41, 5.74) is 0.324. The average molecular weight is 413 g/mol. The monoisotopic (exact) mass is 412 g/mol. The average Bonchev–Trinajstić information content (AvgIpc) is 3.05. The maximum absolute atomic E-state index is 12.4. The van der Waals surface area contributed by atoms with Gasteiger partial charge in [0, 0.05) is 25.4 Å². The number of carbonyl (C=O) groups is 2.